The minimum absolute atomic E-state index is 0.0664. The lowest BCUT2D eigenvalue weighted by atomic mass is 9.95. The molecule has 0 saturated carbocycles. The molecule has 2 aromatic rings. The van der Waals surface area contributed by atoms with E-state index in [2.05, 4.69) is 0 Å². The maximum atomic E-state index is 12.5. The summed E-state index contributed by atoms with van der Waals surface area (Å²) in [4.78, 5) is 26.5. The van der Waals surface area contributed by atoms with Gasteiger partial charge in [0.05, 0.1) is 7.11 Å². The second-order valence-electron chi connectivity index (χ2n) is 6.99. The summed E-state index contributed by atoms with van der Waals surface area (Å²) in [6.07, 6.45) is 1.31. The lowest BCUT2D eigenvalue weighted by Gasteiger charge is -2.17. The van der Waals surface area contributed by atoms with E-state index in [1.54, 1.807) is 7.11 Å². The van der Waals surface area contributed by atoms with E-state index in [1.165, 1.54) is 0 Å². The molecule has 1 heterocycles. The van der Waals surface area contributed by atoms with Crippen LogP contribution in [-0.4, -0.2) is 42.8 Å². The van der Waals surface area contributed by atoms with Crippen LogP contribution in [0.4, 0.5) is 0 Å². The number of benzene rings is 2. The van der Waals surface area contributed by atoms with E-state index < -0.39 is 0 Å². The van der Waals surface area contributed by atoms with Crippen molar-refractivity contribution in [2.24, 2.45) is 5.73 Å². The van der Waals surface area contributed by atoms with Crippen molar-refractivity contribution in [3.8, 4) is 5.75 Å². The average molecular weight is 366 g/mol. The smallest absolute Gasteiger partial charge is 0.222 e. The first kappa shape index (κ1) is 19.1. The lowest BCUT2D eigenvalue weighted by molar-refractivity contribution is -0.130. The number of carbonyl (C=O) groups is 2. The Bertz CT molecular complexity index is 791. The molecule has 0 spiro atoms. The number of ketones is 1. The monoisotopic (exact) mass is 366 g/mol. The van der Waals surface area contributed by atoms with Gasteiger partial charge in [0.25, 0.3) is 0 Å². The summed E-state index contributed by atoms with van der Waals surface area (Å²) >= 11 is 0. The van der Waals surface area contributed by atoms with Crippen molar-refractivity contribution in [3.63, 3.8) is 0 Å². The number of nitrogens with zero attached hydrogens (tertiary/aromatic N) is 1. The standard InChI is InChI=1S/C22H26N2O3/c1-27-18-10-5-9-17(13-18)19-14-24(15-20(19)23)22(26)12-6-11-21(25)16-7-3-2-4-8-16/h2-5,7-10,13,19-20H,6,11-12,14-15,23H2,1H3/t19-,20+/m1/s1. The highest BCUT2D eigenvalue weighted by molar-refractivity contribution is 5.96. The predicted molar refractivity (Wildman–Crippen MR) is 105 cm³/mol. The zero-order valence-electron chi connectivity index (χ0n) is 15.6. The average Bonchev–Trinajstić information content (AvgIpc) is 3.10. The van der Waals surface area contributed by atoms with E-state index in [0.717, 1.165) is 11.3 Å². The summed E-state index contributed by atoms with van der Waals surface area (Å²) in [6.45, 7) is 1.16. The number of hydrogen-bond donors (Lipinski definition) is 1. The summed E-state index contributed by atoms with van der Waals surface area (Å²) in [5.74, 6) is 1.05. The molecule has 3 rings (SSSR count). The molecule has 5 heteroatoms. The van der Waals surface area contributed by atoms with Crippen LogP contribution in [0.5, 0.6) is 5.75 Å². The van der Waals surface area contributed by atoms with Gasteiger partial charge in [-0.15, -0.1) is 0 Å². The van der Waals surface area contributed by atoms with Crippen LogP contribution in [0.1, 0.15) is 41.1 Å². The third-order valence-corrected chi connectivity index (χ3v) is 5.13. The minimum atomic E-state index is -0.0907. The highest BCUT2D eigenvalue weighted by atomic mass is 16.5. The lowest BCUT2D eigenvalue weighted by Crippen LogP contribution is -2.32. The van der Waals surface area contributed by atoms with Gasteiger partial charge in [-0.1, -0.05) is 42.5 Å². The molecule has 1 aliphatic rings. The number of nitrogens with two attached hydrogens (primary N) is 1. The first-order valence-electron chi connectivity index (χ1n) is 9.34. The number of amides is 1. The molecule has 0 aliphatic carbocycles. The predicted octanol–water partition coefficient (Wildman–Crippen LogP) is 3.00. The molecule has 0 aromatic heterocycles. The number of Topliss-reactive ketones (excluding diaryl/α,β-unsaturated/α-hetero) is 1. The Morgan fingerprint density at radius 3 is 2.59 bits per heavy atom. The van der Waals surface area contributed by atoms with Gasteiger partial charge in [-0.2, -0.15) is 0 Å². The van der Waals surface area contributed by atoms with E-state index in [-0.39, 0.29) is 23.7 Å². The van der Waals surface area contributed by atoms with Crippen LogP contribution in [0.25, 0.3) is 0 Å². The quantitative estimate of drug-likeness (QED) is 0.765. The van der Waals surface area contributed by atoms with Gasteiger partial charge in [-0.05, 0) is 24.1 Å². The largest absolute Gasteiger partial charge is 0.497 e. The number of likely N-dealkylation sites (tertiary alicyclic amines) is 1. The molecule has 1 fully saturated rings. The van der Waals surface area contributed by atoms with E-state index in [4.69, 9.17) is 10.5 Å². The van der Waals surface area contributed by atoms with Crippen molar-refractivity contribution < 1.29 is 14.3 Å². The Hall–Kier alpha value is -2.66. The Morgan fingerprint density at radius 1 is 1.07 bits per heavy atom. The summed E-state index contributed by atoms with van der Waals surface area (Å²) in [6, 6.07) is 17.0. The second-order valence-corrected chi connectivity index (χ2v) is 6.99. The first-order chi connectivity index (χ1) is 13.1. The Kier molecular flexibility index (Phi) is 6.24. The van der Waals surface area contributed by atoms with Crippen molar-refractivity contribution in [3.05, 3.63) is 65.7 Å². The summed E-state index contributed by atoms with van der Waals surface area (Å²) in [5.41, 5.74) is 8.09. The molecule has 2 N–H and O–H groups in total. The number of carbonyl (C=O) groups excluding carboxylic acids is 2. The molecule has 2 aromatic carbocycles. The Labute approximate surface area is 160 Å². The van der Waals surface area contributed by atoms with E-state index in [0.29, 0.717) is 37.9 Å². The van der Waals surface area contributed by atoms with Crippen molar-refractivity contribution in [2.45, 2.75) is 31.2 Å². The van der Waals surface area contributed by atoms with Crippen molar-refractivity contribution in [1.29, 1.82) is 0 Å². The van der Waals surface area contributed by atoms with Gasteiger partial charge in [0.1, 0.15) is 5.75 Å². The Morgan fingerprint density at radius 2 is 1.85 bits per heavy atom. The molecule has 0 radical (unpaired) electrons. The van der Waals surface area contributed by atoms with Gasteiger partial charge < -0.3 is 15.4 Å². The third-order valence-electron chi connectivity index (χ3n) is 5.13. The topological polar surface area (TPSA) is 72.6 Å². The van der Waals surface area contributed by atoms with Gasteiger partial charge in [-0.3, -0.25) is 9.59 Å². The van der Waals surface area contributed by atoms with Crippen molar-refractivity contribution >= 4 is 11.7 Å². The maximum absolute atomic E-state index is 12.5. The molecule has 1 amide bonds. The summed E-state index contributed by atoms with van der Waals surface area (Å²) in [5, 5.41) is 0. The summed E-state index contributed by atoms with van der Waals surface area (Å²) in [7, 11) is 1.64. The highest BCUT2D eigenvalue weighted by Crippen LogP contribution is 2.29. The molecule has 2 atom stereocenters. The normalized spacial score (nSPS) is 19.1. The first-order valence-corrected chi connectivity index (χ1v) is 9.34. The fraction of sp³-hybridized carbons (Fsp3) is 0.364. The molecule has 5 nitrogen and oxygen atoms in total. The van der Waals surface area contributed by atoms with Crippen LogP contribution < -0.4 is 10.5 Å². The van der Waals surface area contributed by atoms with Gasteiger partial charge in [0, 0.05) is 43.5 Å². The SMILES string of the molecule is COc1cccc([C@H]2CN(C(=O)CCCC(=O)c3ccccc3)C[C@@H]2N)c1. The van der Waals surface area contributed by atoms with Gasteiger partial charge in [-0.25, -0.2) is 0 Å². The van der Waals surface area contributed by atoms with E-state index in [9.17, 15) is 9.59 Å². The molecular weight excluding hydrogens is 340 g/mol. The van der Waals surface area contributed by atoms with Gasteiger partial charge in [0.15, 0.2) is 5.78 Å². The molecule has 27 heavy (non-hydrogen) atoms. The van der Waals surface area contributed by atoms with Crippen LogP contribution in [0.3, 0.4) is 0 Å². The zero-order valence-corrected chi connectivity index (χ0v) is 15.6. The highest BCUT2D eigenvalue weighted by Gasteiger charge is 2.33. The molecular formula is C22H26N2O3. The Balaban J connectivity index is 1.51. The van der Waals surface area contributed by atoms with Gasteiger partial charge >= 0.3 is 0 Å². The number of rotatable bonds is 7. The van der Waals surface area contributed by atoms with Crippen LogP contribution in [0.2, 0.25) is 0 Å². The van der Waals surface area contributed by atoms with Gasteiger partial charge in [0.2, 0.25) is 5.91 Å². The van der Waals surface area contributed by atoms with Crippen LogP contribution in [-0.2, 0) is 4.79 Å². The number of hydrogen-bond acceptors (Lipinski definition) is 4. The fourth-order valence-corrected chi connectivity index (χ4v) is 3.58. The van der Waals surface area contributed by atoms with Crippen LogP contribution >= 0.6 is 0 Å². The minimum Gasteiger partial charge on any atom is -0.497 e. The van der Waals surface area contributed by atoms with E-state index >= 15 is 0 Å². The zero-order chi connectivity index (χ0) is 19.2. The molecule has 0 bridgehead atoms. The number of methoxy groups -OCH3 is 1. The fourth-order valence-electron chi connectivity index (χ4n) is 3.58. The van der Waals surface area contributed by atoms with Crippen molar-refractivity contribution in [2.75, 3.05) is 20.2 Å². The molecule has 0 unspecified atom stereocenters. The van der Waals surface area contributed by atoms with Crippen molar-refractivity contribution in [1.82, 2.24) is 4.90 Å². The second kappa shape index (κ2) is 8.82. The molecule has 1 saturated heterocycles. The molecule has 1 aliphatic heterocycles. The number of ether oxygens (including phenoxy) is 1. The third kappa shape index (κ3) is 4.74. The van der Waals surface area contributed by atoms with E-state index in [1.807, 2.05) is 59.5 Å². The maximum Gasteiger partial charge on any atom is 0.222 e. The molecule has 142 valence electrons. The van der Waals surface area contributed by atoms with Crippen LogP contribution in [0, 0.1) is 0 Å². The summed E-state index contributed by atoms with van der Waals surface area (Å²) < 4.78 is 5.28. The van der Waals surface area contributed by atoms with Crippen LogP contribution in [0.15, 0.2) is 54.6 Å².